The van der Waals surface area contributed by atoms with Gasteiger partial charge in [-0.2, -0.15) is 0 Å². The molecule has 1 atom stereocenters. The molecule has 0 aromatic heterocycles. The van der Waals surface area contributed by atoms with Crippen LogP contribution >= 0.6 is 0 Å². The second-order valence-corrected chi connectivity index (χ2v) is 7.88. The molecule has 1 fully saturated rings. The maximum atomic E-state index is 5.91. The van der Waals surface area contributed by atoms with Crippen LogP contribution < -0.4 is 11.1 Å². The van der Waals surface area contributed by atoms with E-state index in [1.165, 1.54) is 37.1 Å². The molecule has 1 aliphatic heterocycles. The highest BCUT2D eigenvalue weighted by Gasteiger charge is 2.16. The van der Waals surface area contributed by atoms with Crippen LogP contribution in [0.3, 0.4) is 0 Å². The zero-order valence-electron chi connectivity index (χ0n) is 15.1. The largest absolute Gasteiger partial charge is 0.370 e. The Morgan fingerprint density at radius 1 is 1.26 bits per heavy atom. The van der Waals surface area contributed by atoms with Gasteiger partial charge in [-0.3, -0.25) is 4.90 Å². The molecular formula is C19H32N4. The number of guanidine groups is 1. The Morgan fingerprint density at radius 3 is 2.52 bits per heavy atom. The zero-order chi connectivity index (χ0) is 16.9. The highest BCUT2D eigenvalue weighted by Crippen LogP contribution is 2.18. The van der Waals surface area contributed by atoms with Crippen molar-refractivity contribution in [3.8, 4) is 0 Å². The topological polar surface area (TPSA) is 53.6 Å². The summed E-state index contributed by atoms with van der Waals surface area (Å²) in [5, 5.41) is 3.18. The Morgan fingerprint density at radius 2 is 1.91 bits per heavy atom. The van der Waals surface area contributed by atoms with Crippen LogP contribution in [-0.2, 0) is 13.1 Å². The van der Waals surface area contributed by atoms with Crippen LogP contribution in [0.1, 0.15) is 51.7 Å². The van der Waals surface area contributed by atoms with E-state index in [0.717, 1.165) is 12.5 Å². The first-order valence-electron chi connectivity index (χ1n) is 8.70. The van der Waals surface area contributed by atoms with E-state index in [2.05, 4.69) is 67.2 Å². The second-order valence-electron chi connectivity index (χ2n) is 7.88. The van der Waals surface area contributed by atoms with Gasteiger partial charge in [-0.15, -0.1) is 0 Å². The summed E-state index contributed by atoms with van der Waals surface area (Å²) in [5.74, 6) is 1.33. The molecule has 1 aliphatic rings. The molecule has 3 N–H and O–H groups in total. The molecule has 128 valence electrons. The third-order valence-corrected chi connectivity index (χ3v) is 4.11. The number of benzene rings is 1. The van der Waals surface area contributed by atoms with E-state index in [1.54, 1.807) is 0 Å². The molecule has 0 aliphatic carbocycles. The van der Waals surface area contributed by atoms with Crippen LogP contribution in [0.5, 0.6) is 0 Å². The standard InChI is InChI=1S/C19H32N4/c1-15-6-5-11-23(13-15)14-17-9-7-16(8-10-17)12-21-18(20)22-19(2,3)4/h7-10,15H,5-6,11-14H2,1-4H3,(H3,20,21,22). The fourth-order valence-corrected chi connectivity index (χ4v) is 3.04. The molecule has 0 saturated carbocycles. The van der Waals surface area contributed by atoms with E-state index in [4.69, 9.17) is 5.73 Å². The van der Waals surface area contributed by atoms with Crippen molar-refractivity contribution in [1.82, 2.24) is 10.2 Å². The van der Waals surface area contributed by atoms with Crippen molar-refractivity contribution in [2.45, 2.75) is 59.2 Å². The summed E-state index contributed by atoms with van der Waals surface area (Å²) < 4.78 is 0. The minimum absolute atomic E-state index is 0.0526. The Kier molecular flexibility index (Phi) is 6.05. The number of hydrogen-bond acceptors (Lipinski definition) is 2. The van der Waals surface area contributed by atoms with Gasteiger partial charge in [-0.05, 0) is 57.2 Å². The fraction of sp³-hybridized carbons (Fsp3) is 0.632. The zero-order valence-corrected chi connectivity index (χ0v) is 15.1. The Bertz CT molecular complexity index is 513. The summed E-state index contributed by atoms with van der Waals surface area (Å²) in [7, 11) is 0. The number of rotatable bonds is 4. The summed E-state index contributed by atoms with van der Waals surface area (Å²) >= 11 is 0. The van der Waals surface area contributed by atoms with Crippen LogP contribution in [0.2, 0.25) is 0 Å². The molecule has 0 bridgehead atoms. The Labute approximate surface area is 141 Å². The lowest BCUT2D eigenvalue weighted by atomic mass is 9.99. The number of hydrogen-bond donors (Lipinski definition) is 2. The number of nitrogens with two attached hydrogens (primary N) is 1. The highest BCUT2D eigenvalue weighted by atomic mass is 15.1. The van der Waals surface area contributed by atoms with Gasteiger partial charge in [0.25, 0.3) is 0 Å². The fourth-order valence-electron chi connectivity index (χ4n) is 3.04. The Hall–Kier alpha value is -1.55. The molecule has 1 saturated heterocycles. The summed E-state index contributed by atoms with van der Waals surface area (Å²) in [5.41, 5.74) is 8.43. The van der Waals surface area contributed by atoms with E-state index in [1.807, 2.05) is 0 Å². The van der Waals surface area contributed by atoms with Crippen LogP contribution in [0.25, 0.3) is 0 Å². The van der Waals surface area contributed by atoms with Crippen LogP contribution in [0.4, 0.5) is 0 Å². The van der Waals surface area contributed by atoms with E-state index in [9.17, 15) is 0 Å². The molecule has 0 amide bonds. The molecule has 1 aromatic rings. The monoisotopic (exact) mass is 316 g/mol. The third-order valence-electron chi connectivity index (χ3n) is 4.11. The number of piperidine rings is 1. The SMILES string of the molecule is CC1CCCN(Cc2ccc(CN=C(N)NC(C)(C)C)cc2)C1. The van der Waals surface area contributed by atoms with E-state index in [-0.39, 0.29) is 5.54 Å². The molecule has 0 spiro atoms. The van der Waals surface area contributed by atoms with E-state index in [0.29, 0.717) is 12.5 Å². The number of aliphatic imine (C=N–C) groups is 1. The lowest BCUT2D eigenvalue weighted by Gasteiger charge is -2.30. The number of nitrogens with one attached hydrogen (secondary N) is 1. The lowest BCUT2D eigenvalue weighted by molar-refractivity contribution is 0.176. The first-order valence-corrected chi connectivity index (χ1v) is 8.70. The van der Waals surface area contributed by atoms with Gasteiger partial charge < -0.3 is 11.1 Å². The average molecular weight is 316 g/mol. The van der Waals surface area contributed by atoms with Crippen LogP contribution in [0, 0.1) is 5.92 Å². The van der Waals surface area contributed by atoms with Gasteiger partial charge in [0.15, 0.2) is 5.96 Å². The van der Waals surface area contributed by atoms with Gasteiger partial charge in [0.2, 0.25) is 0 Å². The molecule has 1 aromatic carbocycles. The average Bonchev–Trinajstić information content (AvgIpc) is 2.45. The van der Waals surface area contributed by atoms with Crippen molar-refractivity contribution in [2.75, 3.05) is 13.1 Å². The van der Waals surface area contributed by atoms with Gasteiger partial charge in [0.05, 0.1) is 6.54 Å². The van der Waals surface area contributed by atoms with Crippen LogP contribution in [-0.4, -0.2) is 29.5 Å². The van der Waals surface area contributed by atoms with Crippen molar-refractivity contribution < 1.29 is 0 Å². The molecular weight excluding hydrogens is 284 g/mol. The maximum absolute atomic E-state index is 5.91. The molecule has 1 heterocycles. The Balaban J connectivity index is 1.85. The number of likely N-dealkylation sites (tertiary alicyclic amines) is 1. The predicted molar refractivity (Wildman–Crippen MR) is 98.3 cm³/mol. The first-order chi connectivity index (χ1) is 10.8. The predicted octanol–water partition coefficient (Wildman–Crippen LogP) is 3.12. The molecule has 23 heavy (non-hydrogen) atoms. The smallest absolute Gasteiger partial charge is 0.189 e. The second kappa shape index (κ2) is 7.82. The summed E-state index contributed by atoms with van der Waals surface area (Å²) in [6.45, 7) is 12.7. The van der Waals surface area contributed by atoms with Crippen molar-refractivity contribution in [3.05, 3.63) is 35.4 Å². The minimum atomic E-state index is -0.0526. The molecule has 4 heteroatoms. The first kappa shape index (κ1) is 17.8. The van der Waals surface area contributed by atoms with Crippen molar-refractivity contribution in [1.29, 1.82) is 0 Å². The minimum Gasteiger partial charge on any atom is -0.370 e. The normalized spacial score (nSPS) is 20.5. The molecule has 1 unspecified atom stereocenters. The van der Waals surface area contributed by atoms with Gasteiger partial charge in [-0.1, -0.05) is 31.2 Å². The quantitative estimate of drug-likeness (QED) is 0.663. The van der Waals surface area contributed by atoms with Gasteiger partial charge >= 0.3 is 0 Å². The van der Waals surface area contributed by atoms with Crippen molar-refractivity contribution in [2.24, 2.45) is 16.6 Å². The number of nitrogens with zero attached hydrogens (tertiary/aromatic N) is 2. The van der Waals surface area contributed by atoms with Crippen LogP contribution in [0.15, 0.2) is 29.3 Å². The van der Waals surface area contributed by atoms with Crippen molar-refractivity contribution >= 4 is 5.96 Å². The van der Waals surface area contributed by atoms with E-state index < -0.39 is 0 Å². The van der Waals surface area contributed by atoms with Crippen molar-refractivity contribution in [3.63, 3.8) is 0 Å². The van der Waals surface area contributed by atoms with Gasteiger partial charge in [0.1, 0.15) is 0 Å². The van der Waals surface area contributed by atoms with E-state index >= 15 is 0 Å². The molecule has 0 radical (unpaired) electrons. The lowest BCUT2D eigenvalue weighted by Crippen LogP contribution is -2.44. The van der Waals surface area contributed by atoms with Gasteiger partial charge in [0, 0.05) is 18.6 Å². The summed E-state index contributed by atoms with van der Waals surface area (Å²) in [4.78, 5) is 6.97. The highest BCUT2D eigenvalue weighted by molar-refractivity contribution is 5.78. The molecule has 4 nitrogen and oxygen atoms in total. The summed E-state index contributed by atoms with van der Waals surface area (Å²) in [6.07, 6.45) is 2.70. The maximum Gasteiger partial charge on any atom is 0.189 e. The van der Waals surface area contributed by atoms with Gasteiger partial charge in [-0.25, -0.2) is 4.99 Å². The third kappa shape index (κ3) is 6.61. The summed E-state index contributed by atoms with van der Waals surface area (Å²) in [6, 6.07) is 8.77. The molecule has 2 rings (SSSR count).